The van der Waals surface area contributed by atoms with Crippen molar-refractivity contribution in [3.8, 4) is 0 Å². The van der Waals surface area contributed by atoms with Gasteiger partial charge in [0.05, 0.1) is 6.42 Å². The first-order valence-electron chi connectivity index (χ1n) is 6.74. The summed E-state index contributed by atoms with van der Waals surface area (Å²) in [6.45, 7) is 0.367. The maximum atomic E-state index is 12.2. The van der Waals surface area contributed by atoms with E-state index >= 15 is 0 Å². The molecule has 106 valence electrons. The summed E-state index contributed by atoms with van der Waals surface area (Å²) in [7, 11) is 0. The SMILES string of the molecule is O=C(O)CCCCCN1C(=O)Cc2ccccc2C1=O. The van der Waals surface area contributed by atoms with E-state index in [4.69, 9.17) is 5.11 Å². The molecule has 20 heavy (non-hydrogen) atoms. The minimum Gasteiger partial charge on any atom is -0.481 e. The Balaban J connectivity index is 1.91. The fraction of sp³-hybridized carbons (Fsp3) is 0.400. The van der Waals surface area contributed by atoms with E-state index in [0.717, 1.165) is 5.56 Å². The summed E-state index contributed by atoms with van der Waals surface area (Å²) in [5.41, 5.74) is 1.38. The van der Waals surface area contributed by atoms with Crippen molar-refractivity contribution in [3.63, 3.8) is 0 Å². The topological polar surface area (TPSA) is 74.7 Å². The Morgan fingerprint density at radius 2 is 1.90 bits per heavy atom. The lowest BCUT2D eigenvalue weighted by atomic mass is 9.98. The van der Waals surface area contributed by atoms with Gasteiger partial charge in [-0.25, -0.2) is 0 Å². The summed E-state index contributed by atoms with van der Waals surface area (Å²) in [5.74, 6) is -1.23. The van der Waals surface area contributed by atoms with Crippen molar-refractivity contribution in [2.24, 2.45) is 0 Å². The highest BCUT2D eigenvalue weighted by atomic mass is 16.4. The molecule has 0 saturated carbocycles. The van der Waals surface area contributed by atoms with Gasteiger partial charge in [-0.3, -0.25) is 19.3 Å². The Hall–Kier alpha value is -2.17. The first-order valence-corrected chi connectivity index (χ1v) is 6.74. The zero-order valence-electron chi connectivity index (χ0n) is 11.2. The number of nitrogens with zero attached hydrogens (tertiary/aromatic N) is 1. The molecule has 0 spiro atoms. The Kier molecular flexibility index (Phi) is 4.50. The van der Waals surface area contributed by atoms with Gasteiger partial charge < -0.3 is 5.11 Å². The highest BCUT2D eigenvalue weighted by Gasteiger charge is 2.29. The lowest BCUT2D eigenvalue weighted by molar-refractivity contribution is -0.137. The molecule has 5 heteroatoms. The van der Waals surface area contributed by atoms with Crippen molar-refractivity contribution in [1.29, 1.82) is 0 Å². The molecule has 1 heterocycles. The summed E-state index contributed by atoms with van der Waals surface area (Å²) < 4.78 is 0. The van der Waals surface area contributed by atoms with Crippen LogP contribution >= 0.6 is 0 Å². The van der Waals surface area contributed by atoms with Crippen LogP contribution in [0, 0.1) is 0 Å². The molecule has 1 N–H and O–H groups in total. The quantitative estimate of drug-likeness (QED) is 0.635. The number of hydrogen-bond donors (Lipinski definition) is 1. The van der Waals surface area contributed by atoms with Crippen LogP contribution in [0.15, 0.2) is 24.3 Å². The van der Waals surface area contributed by atoms with E-state index in [2.05, 4.69) is 0 Å². The highest BCUT2D eigenvalue weighted by molar-refractivity contribution is 6.09. The van der Waals surface area contributed by atoms with Gasteiger partial charge in [-0.2, -0.15) is 0 Å². The molecule has 2 rings (SSSR count). The number of amides is 2. The van der Waals surface area contributed by atoms with Crippen LogP contribution in [0.25, 0.3) is 0 Å². The molecule has 0 unspecified atom stereocenters. The van der Waals surface area contributed by atoms with Gasteiger partial charge in [0.15, 0.2) is 0 Å². The first kappa shape index (κ1) is 14.2. The number of hydrogen-bond acceptors (Lipinski definition) is 3. The molecule has 1 aromatic rings. The van der Waals surface area contributed by atoms with E-state index in [9.17, 15) is 14.4 Å². The number of fused-ring (bicyclic) bond motifs is 1. The van der Waals surface area contributed by atoms with Crippen LogP contribution in [0.1, 0.15) is 41.6 Å². The van der Waals surface area contributed by atoms with E-state index in [0.29, 0.717) is 31.4 Å². The second-order valence-electron chi connectivity index (χ2n) is 4.89. The molecular weight excluding hydrogens is 258 g/mol. The number of rotatable bonds is 6. The average Bonchev–Trinajstić information content (AvgIpc) is 2.41. The first-order chi connectivity index (χ1) is 9.59. The summed E-state index contributed by atoms with van der Waals surface area (Å²) >= 11 is 0. The smallest absolute Gasteiger partial charge is 0.303 e. The van der Waals surface area contributed by atoms with Crippen LogP contribution in [0.3, 0.4) is 0 Å². The van der Waals surface area contributed by atoms with Crippen molar-refractivity contribution in [2.45, 2.75) is 32.1 Å². The minimum absolute atomic E-state index is 0.130. The van der Waals surface area contributed by atoms with Gasteiger partial charge in [0.1, 0.15) is 0 Å². The molecule has 1 aliphatic heterocycles. The van der Waals surface area contributed by atoms with Crippen LogP contribution in [-0.2, 0) is 16.0 Å². The highest BCUT2D eigenvalue weighted by Crippen LogP contribution is 2.20. The van der Waals surface area contributed by atoms with Crippen LogP contribution in [0.5, 0.6) is 0 Å². The van der Waals surface area contributed by atoms with E-state index < -0.39 is 5.97 Å². The van der Waals surface area contributed by atoms with Crippen molar-refractivity contribution >= 4 is 17.8 Å². The number of imide groups is 1. The fourth-order valence-corrected chi connectivity index (χ4v) is 2.35. The van der Waals surface area contributed by atoms with Gasteiger partial charge in [-0.05, 0) is 24.5 Å². The van der Waals surface area contributed by atoms with Gasteiger partial charge in [0.2, 0.25) is 5.91 Å². The van der Waals surface area contributed by atoms with E-state index in [1.165, 1.54) is 4.90 Å². The maximum absolute atomic E-state index is 12.2. The van der Waals surface area contributed by atoms with Gasteiger partial charge in [0, 0.05) is 18.5 Å². The lowest BCUT2D eigenvalue weighted by Crippen LogP contribution is -2.42. The number of unbranched alkanes of at least 4 members (excludes halogenated alkanes) is 2. The van der Waals surface area contributed by atoms with Crippen LogP contribution < -0.4 is 0 Å². The third kappa shape index (κ3) is 3.23. The molecule has 0 bridgehead atoms. The zero-order chi connectivity index (χ0) is 14.5. The monoisotopic (exact) mass is 275 g/mol. The second-order valence-corrected chi connectivity index (χ2v) is 4.89. The number of benzene rings is 1. The van der Waals surface area contributed by atoms with Gasteiger partial charge >= 0.3 is 5.97 Å². The largest absolute Gasteiger partial charge is 0.481 e. The molecule has 5 nitrogen and oxygen atoms in total. The Bertz CT molecular complexity index is 538. The molecule has 0 aromatic heterocycles. The third-order valence-electron chi connectivity index (χ3n) is 3.41. The Labute approximate surface area is 117 Å². The second kappa shape index (κ2) is 6.32. The summed E-state index contributed by atoms with van der Waals surface area (Å²) in [5, 5.41) is 8.54. The zero-order valence-corrected chi connectivity index (χ0v) is 11.2. The normalized spacial score (nSPS) is 14.3. The Morgan fingerprint density at radius 1 is 1.15 bits per heavy atom. The number of carbonyl (C=O) groups excluding carboxylic acids is 2. The molecule has 0 saturated heterocycles. The fourth-order valence-electron chi connectivity index (χ4n) is 2.35. The molecule has 1 aromatic carbocycles. The average molecular weight is 275 g/mol. The predicted octanol–water partition coefficient (Wildman–Crippen LogP) is 1.86. The van der Waals surface area contributed by atoms with E-state index in [1.807, 2.05) is 6.07 Å². The number of aliphatic carboxylic acids is 1. The van der Waals surface area contributed by atoms with Crippen LogP contribution in [0.4, 0.5) is 0 Å². The summed E-state index contributed by atoms with van der Waals surface area (Å²) in [6.07, 6.45) is 2.31. The lowest BCUT2D eigenvalue weighted by Gasteiger charge is -2.26. The predicted molar refractivity (Wildman–Crippen MR) is 72.3 cm³/mol. The number of carboxylic acids is 1. The third-order valence-corrected chi connectivity index (χ3v) is 3.41. The van der Waals surface area contributed by atoms with Crippen molar-refractivity contribution in [3.05, 3.63) is 35.4 Å². The maximum Gasteiger partial charge on any atom is 0.303 e. The molecule has 0 radical (unpaired) electrons. The van der Waals surface area contributed by atoms with Gasteiger partial charge in [0.25, 0.3) is 5.91 Å². The number of carbonyl (C=O) groups is 3. The van der Waals surface area contributed by atoms with Crippen molar-refractivity contribution in [2.75, 3.05) is 6.54 Å². The summed E-state index contributed by atoms with van der Waals surface area (Å²) in [6, 6.07) is 7.15. The van der Waals surface area contributed by atoms with Gasteiger partial charge in [-0.15, -0.1) is 0 Å². The molecule has 0 aliphatic carbocycles. The standard InChI is InChI=1S/C15H17NO4/c17-13-10-11-6-3-4-7-12(11)15(20)16(13)9-5-1-2-8-14(18)19/h3-4,6-7H,1-2,5,8-10H2,(H,18,19). The van der Waals surface area contributed by atoms with Crippen LogP contribution in [-0.4, -0.2) is 34.3 Å². The number of carboxylic acid groups (broad SMARTS) is 1. The Morgan fingerprint density at radius 3 is 2.65 bits per heavy atom. The van der Waals surface area contributed by atoms with Crippen molar-refractivity contribution < 1.29 is 19.5 Å². The molecule has 1 aliphatic rings. The van der Waals surface area contributed by atoms with Crippen LogP contribution in [0.2, 0.25) is 0 Å². The summed E-state index contributed by atoms with van der Waals surface area (Å²) in [4.78, 5) is 35.8. The van der Waals surface area contributed by atoms with Crippen molar-refractivity contribution in [1.82, 2.24) is 4.90 Å². The van der Waals surface area contributed by atoms with E-state index in [1.54, 1.807) is 18.2 Å². The molecule has 0 fully saturated rings. The van der Waals surface area contributed by atoms with Gasteiger partial charge in [-0.1, -0.05) is 24.6 Å². The molecule has 2 amide bonds. The molecule has 0 atom stereocenters. The molecular formula is C15H17NO4. The minimum atomic E-state index is -0.816. The van der Waals surface area contributed by atoms with E-state index in [-0.39, 0.29) is 24.7 Å².